The van der Waals surface area contributed by atoms with Gasteiger partial charge in [-0.15, -0.1) is 0 Å². The first-order chi connectivity index (χ1) is 8.78. The lowest BCUT2D eigenvalue weighted by molar-refractivity contribution is 0.271. The number of nitrogens with zero attached hydrogens (tertiary/aromatic N) is 3. The molecule has 0 saturated carbocycles. The summed E-state index contributed by atoms with van der Waals surface area (Å²) in [6, 6.07) is 4.23. The number of rotatable bonds is 3. The van der Waals surface area contributed by atoms with Crippen molar-refractivity contribution in [3.63, 3.8) is 0 Å². The number of imidazole rings is 1. The van der Waals surface area contributed by atoms with Crippen molar-refractivity contribution in [2.24, 2.45) is 7.05 Å². The molecule has 0 atom stereocenters. The minimum absolute atomic E-state index is 0.0156. The lowest BCUT2D eigenvalue weighted by Gasteiger charge is -2.05. The van der Waals surface area contributed by atoms with E-state index in [0.717, 1.165) is 28.7 Å². The Bertz CT molecular complexity index is 580. The summed E-state index contributed by atoms with van der Waals surface area (Å²) in [5, 5.41) is 11.0. The summed E-state index contributed by atoms with van der Waals surface area (Å²) >= 11 is 1.55. The van der Waals surface area contributed by atoms with Crippen LogP contribution in [0.4, 0.5) is 0 Å². The van der Waals surface area contributed by atoms with Crippen LogP contribution in [0.25, 0.3) is 0 Å². The van der Waals surface area contributed by atoms with Gasteiger partial charge in [0.25, 0.3) is 0 Å². The number of aliphatic hydroxyl groups is 1. The molecule has 4 nitrogen and oxygen atoms in total. The van der Waals surface area contributed by atoms with Gasteiger partial charge in [0.1, 0.15) is 5.03 Å². The number of hydrogen-bond donors (Lipinski definition) is 1. The molecule has 0 bridgehead atoms. The monoisotopic (exact) mass is 261 g/mol. The Hall–Kier alpha value is -1.33. The molecule has 1 aliphatic rings. The molecule has 0 radical (unpaired) electrons. The lowest BCUT2D eigenvalue weighted by Crippen LogP contribution is -1.98. The van der Waals surface area contributed by atoms with Crippen LogP contribution in [0.1, 0.15) is 23.4 Å². The molecule has 0 fully saturated rings. The molecule has 0 saturated heterocycles. The van der Waals surface area contributed by atoms with Gasteiger partial charge >= 0.3 is 0 Å². The van der Waals surface area contributed by atoms with E-state index in [9.17, 15) is 0 Å². The number of fused-ring (bicyclic) bond motifs is 1. The predicted molar refractivity (Wildman–Crippen MR) is 69.5 cm³/mol. The average Bonchev–Trinajstić information content (AvgIpc) is 2.97. The molecule has 5 heteroatoms. The van der Waals surface area contributed by atoms with Crippen LogP contribution in [0.2, 0.25) is 0 Å². The number of hydrogen-bond acceptors (Lipinski definition) is 4. The Labute approximate surface area is 110 Å². The summed E-state index contributed by atoms with van der Waals surface area (Å²) in [5.74, 6) is 0. The Balaban J connectivity index is 1.86. The van der Waals surface area contributed by atoms with Crippen LogP contribution in [0.3, 0.4) is 0 Å². The zero-order valence-electron chi connectivity index (χ0n) is 10.3. The standard InChI is InChI=1S/C13H15N3OS/c1-16-10(8-17)7-14-13(16)18-12-6-5-9-3-2-4-11(9)15-12/h5-7,17H,2-4,8H2,1H3. The van der Waals surface area contributed by atoms with E-state index in [2.05, 4.69) is 22.1 Å². The van der Waals surface area contributed by atoms with Crippen molar-refractivity contribution in [3.8, 4) is 0 Å². The third-order valence-corrected chi connectivity index (χ3v) is 4.30. The van der Waals surface area contributed by atoms with Gasteiger partial charge in [-0.25, -0.2) is 9.97 Å². The van der Waals surface area contributed by atoms with E-state index >= 15 is 0 Å². The van der Waals surface area contributed by atoms with Gasteiger partial charge in [0.2, 0.25) is 0 Å². The summed E-state index contributed by atoms with van der Waals surface area (Å²) in [5.41, 5.74) is 3.44. The summed E-state index contributed by atoms with van der Waals surface area (Å²) < 4.78 is 1.90. The Kier molecular flexibility index (Phi) is 3.09. The number of aryl methyl sites for hydroxylation is 2. The minimum Gasteiger partial charge on any atom is -0.390 e. The van der Waals surface area contributed by atoms with Gasteiger partial charge in [-0.2, -0.15) is 0 Å². The zero-order valence-corrected chi connectivity index (χ0v) is 11.1. The Morgan fingerprint density at radius 3 is 3.06 bits per heavy atom. The molecule has 1 N–H and O–H groups in total. The van der Waals surface area contributed by atoms with Crippen LogP contribution < -0.4 is 0 Å². The molecule has 0 unspecified atom stereocenters. The topological polar surface area (TPSA) is 50.9 Å². The smallest absolute Gasteiger partial charge is 0.174 e. The van der Waals surface area contributed by atoms with Crippen LogP contribution in [0, 0.1) is 0 Å². The molecule has 3 rings (SSSR count). The van der Waals surface area contributed by atoms with Crippen LogP contribution >= 0.6 is 11.8 Å². The summed E-state index contributed by atoms with van der Waals surface area (Å²) in [6.07, 6.45) is 5.17. The molecule has 18 heavy (non-hydrogen) atoms. The second-order valence-electron chi connectivity index (χ2n) is 4.46. The molecule has 2 heterocycles. The van der Waals surface area contributed by atoms with Gasteiger partial charge in [-0.1, -0.05) is 6.07 Å². The highest BCUT2D eigenvalue weighted by Crippen LogP contribution is 2.28. The minimum atomic E-state index is 0.0156. The Morgan fingerprint density at radius 2 is 2.28 bits per heavy atom. The molecule has 2 aromatic rings. The van der Waals surface area contributed by atoms with Crippen molar-refractivity contribution in [2.45, 2.75) is 36.1 Å². The molecular weight excluding hydrogens is 246 g/mol. The van der Waals surface area contributed by atoms with Gasteiger partial charge in [0.05, 0.1) is 18.5 Å². The maximum Gasteiger partial charge on any atom is 0.174 e. The fourth-order valence-corrected chi connectivity index (χ4v) is 3.06. The average molecular weight is 261 g/mol. The van der Waals surface area contributed by atoms with E-state index in [-0.39, 0.29) is 6.61 Å². The molecular formula is C13H15N3OS. The van der Waals surface area contributed by atoms with Crippen LogP contribution in [0.15, 0.2) is 28.5 Å². The highest BCUT2D eigenvalue weighted by atomic mass is 32.2. The maximum atomic E-state index is 9.14. The Morgan fingerprint density at radius 1 is 1.39 bits per heavy atom. The second kappa shape index (κ2) is 4.74. The third kappa shape index (κ3) is 2.04. The maximum absolute atomic E-state index is 9.14. The predicted octanol–water partition coefficient (Wildman–Crippen LogP) is 1.95. The molecule has 0 aromatic carbocycles. The first-order valence-electron chi connectivity index (χ1n) is 6.06. The van der Waals surface area contributed by atoms with Crippen LogP contribution in [-0.2, 0) is 26.5 Å². The quantitative estimate of drug-likeness (QED) is 0.917. The third-order valence-electron chi connectivity index (χ3n) is 3.30. The zero-order chi connectivity index (χ0) is 12.5. The highest BCUT2D eigenvalue weighted by molar-refractivity contribution is 7.99. The highest BCUT2D eigenvalue weighted by Gasteiger charge is 2.14. The van der Waals surface area contributed by atoms with Crippen molar-refractivity contribution in [2.75, 3.05) is 0 Å². The first-order valence-corrected chi connectivity index (χ1v) is 6.87. The van der Waals surface area contributed by atoms with Crippen molar-refractivity contribution in [1.29, 1.82) is 0 Å². The van der Waals surface area contributed by atoms with E-state index in [4.69, 9.17) is 5.11 Å². The van der Waals surface area contributed by atoms with Gasteiger partial charge in [0, 0.05) is 12.7 Å². The SMILES string of the molecule is Cn1c(CO)cnc1Sc1ccc2c(n1)CCC2. The van der Waals surface area contributed by atoms with Crippen molar-refractivity contribution < 1.29 is 5.11 Å². The summed E-state index contributed by atoms with van der Waals surface area (Å²) in [6.45, 7) is 0.0156. The molecule has 0 aliphatic heterocycles. The summed E-state index contributed by atoms with van der Waals surface area (Å²) in [4.78, 5) is 8.97. The van der Waals surface area contributed by atoms with Crippen LogP contribution in [-0.4, -0.2) is 19.6 Å². The normalized spacial score (nSPS) is 13.9. The van der Waals surface area contributed by atoms with E-state index in [0.29, 0.717) is 0 Å². The largest absolute Gasteiger partial charge is 0.390 e. The van der Waals surface area contributed by atoms with Gasteiger partial charge in [-0.05, 0) is 42.7 Å². The molecule has 2 aromatic heterocycles. The van der Waals surface area contributed by atoms with Crippen molar-refractivity contribution in [1.82, 2.24) is 14.5 Å². The first kappa shape index (κ1) is 11.7. The van der Waals surface area contributed by atoms with Crippen molar-refractivity contribution in [3.05, 3.63) is 35.3 Å². The summed E-state index contributed by atoms with van der Waals surface area (Å²) in [7, 11) is 1.91. The number of pyridine rings is 1. The molecule has 1 aliphatic carbocycles. The van der Waals surface area contributed by atoms with Gasteiger partial charge < -0.3 is 9.67 Å². The van der Waals surface area contributed by atoms with Gasteiger partial charge in [-0.3, -0.25) is 0 Å². The fraction of sp³-hybridized carbons (Fsp3) is 0.385. The molecule has 94 valence electrons. The van der Waals surface area contributed by atoms with E-state index in [1.165, 1.54) is 17.7 Å². The van der Waals surface area contributed by atoms with Crippen molar-refractivity contribution >= 4 is 11.8 Å². The molecule has 0 amide bonds. The van der Waals surface area contributed by atoms with E-state index in [1.54, 1.807) is 18.0 Å². The fourth-order valence-electron chi connectivity index (χ4n) is 2.22. The van der Waals surface area contributed by atoms with E-state index in [1.807, 2.05) is 11.6 Å². The van der Waals surface area contributed by atoms with Crippen LogP contribution in [0.5, 0.6) is 0 Å². The lowest BCUT2D eigenvalue weighted by atomic mass is 10.2. The second-order valence-corrected chi connectivity index (χ2v) is 5.45. The number of aliphatic hydroxyl groups excluding tert-OH is 1. The number of aromatic nitrogens is 3. The molecule has 0 spiro atoms. The van der Waals surface area contributed by atoms with Gasteiger partial charge in [0.15, 0.2) is 5.16 Å². The van der Waals surface area contributed by atoms with E-state index < -0.39 is 0 Å².